The lowest BCUT2D eigenvalue weighted by molar-refractivity contribution is -0.141. The predicted molar refractivity (Wildman–Crippen MR) is 84.1 cm³/mol. The maximum atomic E-state index is 12.5. The maximum absolute atomic E-state index is 12.5. The van der Waals surface area contributed by atoms with E-state index < -0.39 is 0 Å². The van der Waals surface area contributed by atoms with Gasteiger partial charge in [-0.2, -0.15) is 0 Å². The molecule has 0 radical (unpaired) electrons. The molecule has 2 N–H and O–H groups in total. The number of carbonyl (C=O) groups is 1. The molecule has 1 amide bonds. The van der Waals surface area contributed by atoms with Gasteiger partial charge in [-0.05, 0) is 50.3 Å². The molecule has 1 aromatic carbocycles. The van der Waals surface area contributed by atoms with Crippen LogP contribution in [0.5, 0.6) is 5.75 Å². The molecular weight excluding hydrogens is 264 g/mol. The smallest absolute Gasteiger partial charge is 0.226 e. The van der Waals surface area contributed by atoms with Crippen molar-refractivity contribution in [3.05, 3.63) is 29.8 Å². The zero-order chi connectivity index (χ0) is 15.4. The van der Waals surface area contributed by atoms with E-state index in [1.54, 1.807) is 7.11 Å². The summed E-state index contributed by atoms with van der Waals surface area (Å²) < 4.78 is 5.25. The minimum Gasteiger partial charge on any atom is -0.497 e. The molecule has 0 aromatic heterocycles. The number of nitrogens with two attached hydrogens (primary N) is 1. The standard InChI is InChI=1S/C17H26N2O2/c1-4-19(5-2)17(20)15-10-9-14(15)16(18)12-7-6-8-13(11-12)21-3/h6-8,11,14-16H,4-5,9-10,18H2,1-3H3/t14-,15+,16?/m0/s1. The number of rotatable bonds is 6. The van der Waals surface area contributed by atoms with Gasteiger partial charge >= 0.3 is 0 Å². The second kappa shape index (κ2) is 6.94. The quantitative estimate of drug-likeness (QED) is 0.876. The van der Waals surface area contributed by atoms with Crippen LogP contribution in [0, 0.1) is 11.8 Å². The summed E-state index contributed by atoms with van der Waals surface area (Å²) in [5.74, 6) is 1.39. The second-order valence-electron chi connectivity index (χ2n) is 5.66. The monoisotopic (exact) mass is 290 g/mol. The lowest BCUT2D eigenvalue weighted by atomic mass is 9.67. The summed E-state index contributed by atoms with van der Waals surface area (Å²) in [4.78, 5) is 14.4. The Morgan fingerprint density at radius 3 is 2.62 bits per heavy atom. The van der Waals surface area contributed by atoms with E-state index in [2.05, 4.69) is 0 Å². The lowest BCUT2D eigenvalue weighted by Crippen LogP contribution is -2.46. The van der Waals surface area contributed by atoms with Gasteiger partial charge in [0.1, 0.15) is 5.75 Å². The van der Waals surface area contributed by atoms with Crippen molar-refractivity contribution in [1.82, 2.24) is 4.90 Å². The molecule has 4 heteroatoms. The van der Waals surface area contributed by atoms with Crippen LogP contribution < -0.4 is 10.5 Å². The Morgan fingerprint density at radius 1 is 1.38 bits per heavy atom. The number of nitrogens with zero attached hydrogens (tertiary/aromatic N) is 1. The van der Waals surface area contributed by atoms with Crippen molar-refractivity contribution < 1.29 is 9.53 Å². The average molecular weight is 290 g/mol. The normalized spacial score (nSPS) is 22.3. The summed E-state index contributed by atoms with van der Waals surface area (Å²) in [6, 6.07) is 7.76. The Balaban J connectivity index is 2.09. The van der Waals surface area contributed by atoms with Gasteiger partial charge in [0, 0.05) is 25.0 Å². The van der Waals surface area contributed by atoms with Crippen LogP contribution in [0.3, 0.4) is 0 Å². The molecule has 0 saturated heterocycles. The molecule has 0 spiro atoms. The lowest BCUT2D eigenvalue weighted by Gasteiger charge is -2.41. The molecule has 0 heterocycles. The Bertz CT molecular complexity index is 485. The van der Waals surface area contributed by atoms with Crippen molar-refractivity contribution in [3.8, 4) is 5.75 Å². The fourth-order valence-corrected chi connectivity index (χ4v) is 3.13. The summed E-state index contributed by atoms with van der Waals surface area (Å²) in [5.41, 5.74) is 7.46. The number of hydrogen-bond donors (Lipinski definition) is 1. The zero-order valence-corrected chi connectivity index (χ0v) is 13.2. The molecule has 21 heavy (non-hydrogen) atoms. The van der Waals surface area contributed by atoms with E-state index in [-0.39, 0.29) is 23.8 Å². The van der Waals surface area contributed by atoms with Gasteiger partial charge in [0.25, 0.3) is 0 Å². The van der Waals surface area contributed by atoms with Gasteiger partial charge in [-0.3, -0.25) is 4.79 Å². The van der Waals surface area contributed by atoms with Gasteiger partial charge in [-0.25, -0.2) is 0 Å². The van der Waals surface area contributed by atoms with Crippen molar-refractivity contribution >= 4 is 5.91 Å². The Morgan fingerprint density at radius 2 is 2.10 bits per heavy atom. The summed E-state index contributed by atoms with van der Waals surface area (Å²) >= 11 is 0. The van der Waals surface area contributed by atoms with Crippen LogP contribution in [0.15, 0.2) is 24.3 Å². The molecule has 0 aliphatic heterocycles. The van der Waals surface area contributed by atoms with E-state index in [0.717, 1.165) is 37.2 Å². The van der Waals surface area contributed by atoms with E-state index in [1.807, 2.05) is 43.0 Å². The van der Waals surface area contributed by atoms with Gasteiger partial charge in [-0.1, -0.05) is 12.1 Å². The maximum Gasteiger partial charge on any atom is 0.226 e. The Kier molecular flexibility index (Phi) is 5.23. The van der Waals surface area contributed by atoms with Gasteiger partial charge in [0.2, 0.25) is 5.91 Å². The molecule has 3 atom stereocenters. The Hall–Kier alpha value is -1.55. The minimum atomic E-state index is -0.0987. The van der Waals surface area contributed by atoms with Gasteiger partial charge in [-0.15, -0.1) is 0 Å². The van der Waals surface area contributed by atoms with Crippen molar-refractivity contribution in [2.24, 2.45) is 17.6 Å². The molecular formula is C17H26N2O2. The molecule has 116 valence electrons. The van der Waals surface area contributed by atoms with Gasteiger partial charge < -0.3 is 15.4 Å². The number of hydrogen-bond acceptors (Lipinski definition) is 3. The molecule has 1 saturated carbocycles. The number of benzene rings is 1. The highest BCUT2D eigenvalue weighted by Gasteiger charge is 2.41. The van der Waals surface area contributed by atoms with E-state index >= 15 is 0 Å². The first-order chi connectivity index (χ1) is 10.1. The number of amides is 1. The highest BCUT2D eigenvalue weighted by Crippen LogP contribution is 2.43. The van der Waals surface area contributed by atoms with Crippen molar-refractivity contribution in [2.45, 2.75) is 32.7 Å². The van der Waals surface area contributed by atoms with E-state index in [4.69, 9.17) is 10.5 Å². The highest BCUT2D eigenvalue weighted by atomic mass is 16.5. The van der Waals surface area contributed by atoms with Gasteiger partial charge in [0.05, 0.1) is 7.11 Å². The summed E-state index contributed by atoms with van der Waals surface area (Å²) in [6.07, 6.45) is 1.98. The van der Waals surface area contributed by atoms with Crippen LogP contribution in [0.1, 0.15) is 38.3 Å². The second-order valence-corrected chi connectivity index (χ2v) is 5.66. The van der Waals surface area contributed by atoms with E-state index in [1.165, 1.54) is 0 Å². The first-order valence-corrected chi connectivity index (χ1v) is 7.80. The molecule has 2 rings (SSSR count). The van der Waals surface area contributed by atoms with Crippen molar-refractivity contribution in [1.29, 1.82) is 0 Å². The average Bonchev–Trinajstić information content (AvgIpc) is 2.47. The molecule has 1 aliphatic carbocycles. The summed E-state index contributed by atoms with van der Waals surface area (Å²) in [7, 11) is 1.65. The highest BCUT2D eigenvalue weighted by molar-refractivity contribution is 5.80. The molecule has 0 bridgehead atoms. The van der Waals surface area contributed by atoms with Crippen LogP contribution in [-0.2, 0) is 4.79 Å². The topological polar surface area (TPSA) is 55.6 Å². The fourth-order valence-electron chi connectivity index (χ4n) is 3.13. The summed E-state index contributed by atoms with van der Waals surface area (Å²) in [6.45, 7) is 5.59. The van der Waals surface area contributed by atoms with Crippen LogP contribution in [-0.4, -0.2) is 31.0 Å². The van der Waals surface area contributed by atoms with Crippen LogP contribution >= 0.6 is 0 Å². The third kappa shape index (κ3) is 3.21. The fraction of sp³-hybridized carbons (Fsp3) is 0.588. The van der Waals surface area contributed by atoms with Gasteiger partial charge in [0.15, 0.2) is 0 Å². The molecule has 1 fully saturated rings. The first-order valence-electron chi connectivity index (χ1n) is 7.80. The molecule has 1 aliphatic rings. The molecule has 1 aromatic rings. The zero-order valence-electron chi connectivity index (χ0n) is 13.2. The van der Waals surface area contributed by atoms with Crippen molar-refractivity contribution in [2.75, 3.05) is 20.2 Å². The van der Waals surface area contributed by atoms with Crippen LogP contribution in [0.25, 0.3) is 0 Å². The third-order valence-electron chi connectivity index (χ3n) is 4.66. The predicted octanol–water partition coefficient (Wildman–Crippen LogP) is 2.59. The van der Waals surface area contributed by atoms with Crippen molar-refractivity contribution in [3.63, 3.8) is 0 Å². The third-order valence-corrected chi connectivity index (χ3v) is 4.66. The first kappa shape index (κ1) is 15.8. The number of methoxy groups -OCH3 is 1. The largest absolute Gasteiger partial charge is 0.497 e. The van der Waals surface area contributed by atoms with E-state index in [9.17, 15) is 4.79 Å². The molecule has 4 nitrogen and oxygen atoms in total. The molecule has 1 unspecified atom stereocenters. The summed E-state index contributed by atoms with van der Waals surface area (Å²) in [5, 5.41) is 0. The van der Waals surface area contributed by atoms with Crippen LogP contribution in [0.2, 0.25) is 0 Å². The SMILES string of the molecule is CCN(CC)C(=O)[C@@H]1CC[C@@H]1C(N)c1cccc(OC)c1. The Labute approximate surface area is 127 Å². The minimum absolute atomic E-state index is 0.0751. The number of carbonyl (C=O) groups excluding carboxylic acids is 1. The van der Waals surface area contributed by atoms with Crippen LogP contribution in [0.4, 0.5) is 0 Å². The number of ether oxygens (including phenoxy) is 1. The van der Waals surface area contributed by atoms with E-state index in [0.29, 0.717) is 0 Å².